The maximum Gasteiger partial charge on any atom is 0.326 e. The van der Waals surface area contributed by atoms with E-state index >= 15 is 0 Å². The van der Waals surface area contributed by atoms with Crippen LogP contribution in [-0.2, 0) is 4.79 Å². The molecular weight excluding hydrogens is 320 g/mol. The molecule has 1 aromatic carbocycles. The van der Waals surface area contributed by atoms with Gasteiger partial charge in [-0.15, -0.1) is 11.6 Å². The van der Waals surface area contributed by atoms with Crippen LogP contribution in [0.1, 0.15) is 6.42 Å². The van der Waals surface area contributed by atoms with Gasteiger partial charge in [0, 0.05) is 24.3 Å². The fraction of sp³-hybridized carbons (Fsp3) is 0.267. The van der Waals surface area contributed by atoms with Crippen molar-refractivity contribution in [3.05, 3.63) is 36.0 Å². The number of amides is 3. The number of nitrogens with zero attached hydrogens (tertiary/aromatic N) is 1. The summed E-state index contributed by atoms with van der Waals surface area (Å²) >= 11 is 5.51. The number of alkyl halides is 1. The van der Waals surface area contributed by atoms with E-state index in [-0.39, 0.29) is 5.57 Å². The number of benzene rings is 1. The summed E-state index contributed by atoms with van der Waals surface area (Å²) < 4.78 is 5.00. The fourth-order valence-electron chi connectivity index (χ4n) is 1.50. The first-order valence-corrected chi connectivity index (χ1v) is 7.30. The van der Waals surface area contributed by atoms with Crippen LogP contribution >= 0.6 is 11.6 Å². The van der Waals surface area contributed by atoms with Crippen LogP contribution in [0.4, 0.5) is 10.5 Å². The van der Waals surface area contributed by atoms with Crippen molar-refractivity contribution in [3.8, 4) is 11.8 Å². The van der Waals surface area contributed by atoms with Crippen molar-refractivity contribution in [2.24, 2.45) is 0 Å². The molecule has 0 aliphatic rings. The second-order valence-corrected chi connectivity index (χ2v) is 4.68. The maximum atomic E-state index is 11.8. The van der Waals surface area contributed by atoms with Crippen molar-refractivity contribution in [1.29, 1.82) is 5.26 Å². The highest BCUT2D eigenvalue weighted by Crippen LogP contribution is 2.14. The molecule has 7 nitrogen and oxygen atoms in total. The van der Waals surface area contributed by atoms with Crippen molar-refractivity contribution in [1.82, 2.24) is 10.6 Å². The van der Waals surface area contributed by atoms with E-state index in [2.05, 4.69) is 16.0 Å². The number of carbonyl (C=O) groups is 2. The SMILES string of the molecule is COc1ccc(NC(=O)NC(=O)C(C#N)=CNCCCCl)cc1. The Kier molecular flexibility index (Phi) is 8.03. The number of ether oxygens (including phenoxy) is 1. The molecule has 0 atom stereocenters. The van der Waals surface area contributed by atoms with Crippen LogP contribution in [0.5, 0.6) is 5.75 Å². The van der Waals surface area contributed by atoms with E-state index < -0.39 is 11.9 Å². The Labute approximate surface area is 139 Å². The topological polar surface area (TPSA) is 103 Å². The van der Waals surface area contributed by atoms with Crippen LogP contribution in [0.3, 0.4) is 0 Å². The smallest absolute Gasteiger partial charge is 0.326 e. The number of rotatable bonds is 7. The average Bonchev–Trinajstić information content (AvgIpc) is 2.55. The van der Waals surface area contributed by atoms with Crippen LogP contribution in [0.15, 0.2) is 36.0 Å². The summed E-state index contributed by atoms with van der Waals surface area (Å²) in [7, 11) is 1.53. The highest BCUT2D eigenvalue weighted by Gasteiger charge is 2.12. The van der Waals surface area contributed by atoms with Gasteiger partial charge in [-0.3, -0.25) is 10.1 Å². The molecule has 0 saturated carbocycles. The Morgan fingerprint density at radius 2 is 2.04 bits per heavy atom. The molecular formula is C15H17ClN4O3. The summed E-state index contributed by atoms with van der Waals surface area (Å²) in [5.74, 6) is 0.320. The number of halogens is 1. The molecule has 0 fully saturated rings. The molecule has 8 heteroatoms. The number of hydrogen-bond donors (Lipinski definition) is 3. The minimum atomic E-state index is -0.795. The number of anilines is 1. The number of hydrogen-bond acceptors (Lipinski definition) is 5. The highest BCUT2D eigenvalue weighted by atomic mass is 35.5. The Balaban J connectivity index is 2.53. The monoisotopic (exact) mass is 336 g/mol. The second-order valence-electron chi connectivity index (χ2n) is 4.30. The quantitative estimate of drug-likeness (QED) is 0.306. The maximum absolute atomic E-state index is 11.8. The first-order chi connectivity index (χ1) is 11.1. The zero-order valence-electron chi connectivity index (χ0n) is 12.6. The number of nitrogens with one attached hydrogen (secondary N) is 3. The third-order valence-corrected chi connectivity index (χ3v) is 2.91. The molecule has 0 bridgehead atoms. The van der Waals surface area contributed by atoms with Gasteiger partial charge in [-0.1, -0.05) is 0 Å². The number of carbonyl (C=O) groups excluding carboxylic acids is 2. The predicted octanol–water partition coefficient (Wildman–Crippen LogP) is 1.97. The average molecular weight is 337 g/mol. The lowest BCUT2D eigenvalue weighted by molar-refractivity contribution is -0.116. The summed E-state index contributed by atoms with van der Waals surface area (Å²) in [4.78, 5) is 23.5. The molecule has 23 heavy (non-hydrogen) atoms. The molecule has 0 saturated heterocycles. The van der Waals surface area contributed by atoms with E-state index in [1.54, 1.807) is 30.3 Å². The van der Waals surface area contributed by atoms with E-state index in [1.165, 1.54) is 13.3 Å². The van der Waals surface area contributed by atoms with E-state index in [0.717, 1.165) is 0 Å². The van der Waals surface area contributed by atoms with Crippen molar-refractivity contribution < 1.29 is 14.3 Å². The summed E-state index contributed by atoms with van der Waals surface area (Å²) in [6.45, 7) is 0.528. The molecule has 0 aliphatic carbocycles. The van der Waals surface area contributed by atoms with Crippen molar-refractivity contribution in [2.75, 3.05) is 24.9 Å². The zero-order chi connectivity index (χ0) is 17.1. The number of urea groups is 1. The largest absolute Gasteiger partial charge is 0.497 e. The minimum absolute atomic E-state index is 0.204. The molecule has 0 aromatic heterocycles. The van der Waals surface area contributed by atoms with Crippen LogP contribution in [0.25, 0.3) is 0 Å². The van der Waals surface area contributed by atoms with E-state index in [1.807, 2.05) is 0 Å². The lowest BCUT2D eigenvalue weighted by atomic mass is 10.3. The standard InChI is InChI=1S/C15H17ClN4O3/c1-23-13-5-3-12(4-6-13)19-15(22)20-14(21)11(9-17)10-18-8-2-7-16/h3-6,10,18H,2,7-8H2,1H3,(H2,19,20,21,22). The normalized spacial score (nSPS) is 10.4. The van der Waals surface area contributed by atoms with Gasteiger partial charge in [0.1, 0.15) is 17.4 Å². The van der Waals surface area contributed by atoms with Gasteiger partial charge >= 0.3 is 6.03 Å². The molecule has 0 aliphatic heterocycles. The van der Waals surface area contributed by atoms with Gasteiger partial charge in [0.15, 0.2) is 0 Å². The third kappa shape index (κ3) is 6.72. The van der Waals surface area contributed by atoms with E-state index in [9.17, 15) is 9.59 Å². The zero-order valence-corrected chi connectivity index (χ0v) is 13.3. The van der Waals surface area contributed by atoms with E-state index in [4.69, 9.17) is 21.6 Å². The lowest BCUT2D eigenvalue weighted by Gasteiger charge is -2.07. The minimum Gasteiger partial charge on any atom is -0.497 e. The summed E-state index contributed by atoms with van der Waals surface area (Å²) in [5.41, 5.74) is 0.281. The van der Waals surface area contributed by atoms with Crippen LogP contribution in [0, 0.1) is 11.3 Å². The Morgan fingerprint density at radius 1 is 1.35 bits per heavy atom. The van der Waals surface area contributed by atoms with Gasteiger partial charge in [-0.05, 0) is 30.7 Å². The molecule has 3 amide bonds. The highest BCUT2D eigenvalue weighted by molar-refractivity contribution is 6.17. The van der Waals surface area contributed by atoms with Gasteiger partial charge in [-0.2, -0.15) is 5.26 Å². The molecule has 0 unspecified atom stereocenters. The summed E-state index contributed by atoms with van der Waals surface area (Å²) in [6.07, 6.45) is 1.94. The van der Waals surface area contributed by atoms with Gasteiger partial charge in [0.2, 0.25) is 0 Å². The van der Waals surface area contributed by atoms with Gasteiger partial charge in [-0.25, -0.2) is 4.79 Å². The molecule has 0 radical (unpaired) electrons. The van der Waals surface area contributed by atoms with Gasteiger partial charge in [0.05, 0.1) is 7.11 Å². The number of methoxy groups -OCH3 is 1. The second kappa shape index (κ2) is 10.1. The molecule has 0 heterocycles. The predicted molar refractivity (Wildman–Crippen MR) is 87.2 cm³/mol. The van der Waals surface area contributed by atoms with Gasteiger partial charge in [0.25, 0.3) is 5.91 Å². The Morgan fingerprint density at radius 3 is 2.61 bits per heavy atom. The Hall–Kier alpha value is -2.72. The van der Waals surface area contributed by atoms with Crippen molar-refractivity contribution >= 4 is 29.2 Å². The number of nitriles is 1. The molecule has 0 spiro atoms. The van der Waals surface area contributed by atoms with Crippen LogP contribution in [-0.4, -0.2) is 31.5 Å². The summed E-state index contributed by atoms with van der Waals surface area (Å²) in [5, 5.41) is 16.3. The summed E-state index contributed by atoms with van der Waals surface area (Å²) in [6, 6.07) is 7.56. The van der Waals surface area contributed by atoms with Crippen LogP contribution in [0.2, 0.25) is 0 Å². The molecule has 3 N–H and O–H groups in total. The molecule has 122 valence electrons. The lowest BCUT2D eigenvalue weighted by Crippen LogP contribution is -2.35. The van der Waals surface area contributed by atoms with Crippen molar-refractivity contribution in [2.45, 2.75) is 6.42 Å². The number of imide groups is 1. The Bertz CT molecular complexity index is 608. The molecule has 1 aromatic rings. The van der Waals surface area contributed by atoms with E-state index in [0.29, 0.717) is 30.3 Å². The fourth-order valence-corrected chi connectivity index (χ4v) is 1.63. The molecule has 1 rings (SSSR count). The van der Waals surface area contributed by atoms with Crippen LogP contribution < -0.4 is 20.7 Å². The first kappa shape index (κ1) is 18.3. The van der Waals surface area contributed by atoms with Gasteiger partial charge < -0.3 is 15.4 Å². The van der Waals surface area contributed by atoms with Crippen molar-refractivity contribution in [3.63, 3.8) is 0 Å². The third-order valence-electron chi connectivity index (χ3n) is 2.64. The first-order valence-electron chi connectivity index (χ1n) is 6.76.